The highest BCUT2D eigenvalue weighted by atomic mass is 32.2. The van der Waals surface area contributed by atoms with Gasteiger partial charge in [0.1, 0.15) is 0 Å². The number of likely N-dealkylation sites (tertiary alicyclic amines) is 1. The van der Waals surface area contributed by atoms with Crippen molar-refractivity contribution in [1.29, 1.82) is 0 Å². The van der Waals surface area contributed by atoms with Gasteiger partial charge in [-0.1, -0.05) is 6.42 Å². The second-order valence-corrected chi connectivity index (χ2v) is 5.47. The molecule has 1 heterocycles. The highest BCUT2D eigenvalue weighted by Gasteiger charge is 2.13. The van der Waals surface area contributed by atoms with Crippen molar-refractivity contribution in [3.05, 3.63) is 0 Å². The van der Waals surface area contributed by atoms with Crippen LogP contribution >= 0.6 is 0 Å². The molecule has 1 fully saturated rings. The summed E-state index contributed by atoms with van der Waals surface area (Å²) in [4.78, 5) is 2.22. The van der Waals surface area contributed by atoms with Crippen molar-refractivity contribution < 1.29 is 8.42 Å². The molecule has 0 aromatic rings. The average molecular weight is 206 g/mol. The van der Waals surface area contributed by atoms with Gasteiger partial charge in [-0.3, -0.25) is 0 Å². The maximum absolute atomic E-state index is 11.1. The van der Waals surface area contributed by atoms with Crippen molar-refractivity contribution in [3.8, 4) is 0 Å². The lowest BCUT2D eigenvalue weighted by Gasteiger charge is -2.25. The predicted octanol–water partition coefficient (Wildman–Crippen LogP) is 0.0215. The van der Waals surface area contributed by atoms with Gasteiger partial charge < -0.3 is 4.90 Å². The molecular formula is C8H18N2O2S. The Hall–Kier alpha value is -0.130. The van der Waals surface area contributed by atoms with Crippen molar-refractivity contribution >= 4 is 10.0 Å². The Morgan fingerprint density at radius 1 is 1.23 bits per heavy atom. The number of nitrogens with zero attached hydrogens (tertiary/aromatic N) is 1. The fourth-order valence-corrected chi connectivity index (χ4v) is 2.24. The second kappa shape index (κ2) is 4.93. The molecule has 0 atom stereocenters. The van der Waals surface area contributed by atoms with Gasteiger partial charge in [-0.2, -0.15) is 0 Å². The van der Waals surface area contributed by atoms with Crippen LogP contribution in [0.5, 0.6) is 0 Å². The molecule has 0 amide bonds. The smallest absolute Gasteiger partial charge is 0.212 e. The van der Waals surface area contributed by atoms with Crippen molar-refractivity contribution in [2.24, 2.45) is 0 Å². The number of rotatable bonds is 4. The van der Waals surface area contributed by atoms with Gasteiger partial charge in [0.05, 0.1) is 5.75 Å². The molecule has 78 valence electrons. The molecule has 0 aliphatic carbocycles. The lowest BCUT2D eigenvalue weighted by Crippen LogP contribution is -2.36. The largest absolute Gasteiger partial charge is 0.302 e. The molecule has 1 aliphatic rings. The molecule has 1 saturated heterocycles. The summed E-state index contributed by atoms with van der Waals surface area (Å²) in [6.45, 7) is 2.78. The molecule has 5 heteroatoms. The summed E-state index contributed by atoms with van der Waals surface area (Å²) in [6, 6.07) is 0. The first kappa shape index (κ1) is 10.9. The van der Waals surface area contributed by atoms with Crippen LogP contribution in [0.1, 0.15) is 19.3 Å². The van der Waals surface area contributed by atoms with E-state index in [1.54, 1.807) is 0 Å². The summed E-state index contributed by atoms with van der Waals surface area (Å²) in [5, 5.41) is 0. The first-order valence-corrected chi connectivity index (χ1v) is 6.43. The van der Waals surface area contributed by atoms with E-state index in [0.717, 1.165) is 13.1 Å². The van der Waals surface area contributed by atoms with Crippen molar-refractivity contribution in [1.82, 2.24) is 9.62 Å². The highest BCUT2D eigenvalue weighted by Crippen LogP contribution is 2.07. The standard InChI is InChI=1S/C8H18N2O2S/c1-9-13(11,12)8-7-10-5-3-2-4-6-10/h9H,2-8H2,1H3. The molecule has 0 aromatic heterocycles. The molecule has 0 bridgehead atoms. The number of piperidine rings is 1. The first-order valence-electron chi connectivity index (χ1n) is 4.77. The quantitative estimate of drug-likeness (QED) is 0.705. The van der Waals surface area contributed by atoms with Gasteiger partial charge >= 0.3 is 0 Å². The minimum atomic E-state index is -3.01. The molecule has 1 rings (SSSR count). The van der Waals surface area contributed by atoms with E-state index >= 15 is 0 Å². The van der Waals surface area contributed by atoms with Gasteiger partial charge in [-0.05, 0) is 33.0 Å². The van der Waals surface area contributed by atoms with Gasteiger partial charge in [-0.15, -0.1) is 0 Å². The Balaban J connectivity index is 2.25. The van der Waals surface area contributed by atoms with E-state index < -0.39 is 10.0 Å². The molecule has 0 unspecified atom stereocenters. The monoisotopic (exact) mass is 206 g/mol. The maximum atomic E-state index is 11.1. The van der Waals surface area contributed by atoms with Crippen LogP contribution in [0.4, 0.5) is 0 Å². The molecule has 1 aliphatic heterocycles. The van der Waals surface area contributed by atoms with E-state index in [-0.39, 0.29) is 5.75 Å². The van der Waals surface area contributed by atoms with Gasteiger partial charge in [0, 0.05) is 6.54 Å². The summed E-state index contributed by atoms with van der Waals surface area (Å²) >= 11 is 0. The van der Waals surface area contributed by atoms with E-state index in [9.17, 15) is 8.42 Å². The van der Waals surface area contributed by atoms with Crippen LogP contribution in [0.25, 0.3) is 0 Å². The Morgan fingerprint density at radius 2 is 1.85 bits per heavy atom. The third-order valence-electron chi connectivity index (χ3n) is 2.44. The van der Waals surface area contributed by atoms with E-state index in [0.29, 0.717) is 6.54 Å². The molecule has 0 radical (unpaired) electrons. The summed E-state index contributed by atoms with van der Waals surface area (Å²) in [5.74, 6) is 0.226. The Bertz CT molecular complexity index is 233. The maximum Gasteiger partial charge on any atom is 0.212 e. The van der Waals surface area contributed by atoms with Gasteiger partial charge in [0.15, 0.2) is 0 Å². The fraction of sp³-hybridized carbons (Fsp3) is 1.00. The summed E-state index contributed by atoms with van der Waals surface area (Å²) in [6.07, 6.45) is 3.70. The molecule has 0 aromatic carbocycles. The lowest BCUT2D eigenvalue weighted by atomic mass is 10.1. The average Bonchev–Trinajstić information content (AvgIpc) is 2.17. The van der Waals surface area contributed by atoms with E-state index in [1.807, 2.05) is 0 Å². The van der Waals surface area contributed by atoms with Crippen LogP contribution in [-0.4, -0.2) is 45.8 Å². The van der Waals surface area contributed by atoms with E-state index in [1.165, 1.54) is 26.3 Å². The minimum Gasteiger partial charge on any atom is -0.302 e. The topological polar surface area (TPSA) is 49.4 Å². The van der Waals surface area contributed by atoms with Crippen molar-refractivity contribution in [3.63, 3.8) is 0 Å². The minimum absolute atomic E-state index is 0.226. The number of hydrogen-bond donors (Lipinski definition) is 1. The zero-order valence-corrected chi connectivity index (χ0v) is 8.94. The van der Waals surface area contributed by atoms with E-state index in [4.69, 9.17) is 0 Å². The van der Waals surface area contributed by atoms with Crippen LogP contribution < -0.4 is 4.72 Å². The highest BCUT2D eigenvalue weighted by molar-refractivity contribution is 7.89. The van der Waals surface area contributed by atoms with Crippen LogP contribution in [0.2, 0.25) is 0 Å². The third kappa shape index (κ3) is 4.06. The zero-order chi connectivity index (χ0) is 9.73. The lowest BCUT2D eigenvalue weighted by molar-refractivity contribution is 0.241. The summed E-state index contributed by atoms with van der Waals surface area (Å²) < 4.78 is 24.5. The van der Waals surface area contributed by atoms with Gasteiger partial charge in [-0.25, -0.2) is 13.1 Å². The van der Waals surface area contributed by atoms with Gasteiger partial charge in [0.2, 0.25) is 10.0 Å². The molecule has 13 heavy (non-hydrogen) atoms. The molecule has 0 spiro atoms. The zero-order valence-electron chi connectivity index (χ0n) is 8.12. The Kier molecular flexibility index (Phi) is 4.15. The molecule has 4 nitrogen and oxygen atoms in total. The third-order valence-corrected chi connectivity index (χ3v) is 3.78. The molecular weight excluding hydrogens is 188 g/mol. The fourth-order valence-electron chi connectivity index (χ4n) is 1.53. The normalized spacial score (nSPS) is 20.4. The number of nitrogens with one attached hydrogen (secondary N) is 1. The van der Waals surface area contributed by atoms with Crippen LogP contribution in [-0.2, 0) is 10.0 Å². The molecule has 1 N–H and O–H groups in total. The SMILES string of the molecule is CNS(=O)(=O)CCN1CCCCC1. The number of hydrogen-bond acceptors (Lipinski definition) is 3. The second-order valence-electron chi connectivity index (χ2n) is 3.43. The summed E-state index contributed by atoms with van der Waals surface area (Å²) in [7, 11) is -1.55. The van der Waals surface area contributed by atoms with Crippen LogP contribution in [0, 0.1) is 0 Å². The van der Waals surface area contributed by atoms with Gasteiger partial charge in [0.25, 0.3) is 0 Å². The Morgan fingerprint density at radius 3 is 2.38 bits per heavy atom. The van der Waals surface area contributed by atoms with Crippen molar-refractivity contribution in [2.75, 3.05) is 32.4 Å². The first-order chi connectivity index (χ1) is 6.14. The van der Waals surface area contributed by atoms with E-state index in [2.05, 4.69) is 9.62 Å². The predicted molar refractivity (Wildman–Crippen MR) is 53.1 cm³/mol. The van der Waals surface area contributed by atoms with Crippen LogP contribution in [0.15, 0.2) is 0 Å². The van der Waals surface area contributed by atoms with Crippen molar-refractivity contribution in [2.45, 2.75) is 19.3 Å². The summed E-state index contributed by atoms with van der Waals surface area (Å²) in [5.41, 5.74) is 0. The Labute approximate surface area is 80.4 Å². The number of sulfonamides is 1. The molecule has 0 saturated carbocycles. The van der Waals surface area contributed by atoms with Crippen LogP contribution in [0.3, 0.4) is 0 Å².